The highest BCUT2D eigenvalue weighted by atomic mass is 32.2. The van der Waals surface area contributed by atoms with Gasteiger partial charge >= 0.3 is 6.09 Å². The average Bonchev–Trinajstić information content (AvgIpc) is 3.57. The molecule has 11 heteroatoms. The minimum absolute atomic E-state index is 0.271. The quantitative estimate of drug-likeness (QED) is 0.499. The fourth-order valence-corrected chi connectivity index (χ4v) is 6.64. The summed E-state index contributed by atoms with van der Waals surface area (Å²) in [6.45, 7) is 4.56. The molecule has 1 aromatic heterocycles. The Kier molecular flexibility index (Phi) is 7.21. The molecular weight excluding hydrogens is 520 g/mol. The third-order valence-corrected chi connectivity index (χ3v) is 9.19. The van der Waals surface area contributed by atoms with Crippen LogP contribution in [-0.2, 0) is 19.6 Å². The lowest BCUT2D eigenvalue weighted by molar-refractivity contribution is -0.128. The van der Waals surface area contributed by atoms with E-state index < -0.39 is 33.2 Å². The highest BCUT2D eigenvalue weighted by Crippen LogP contribution is 2.45. The van der Waals surface area contributed by atoms with Crippen LogP contribution in [0.5, 0.6) is 5.75 Å². The lowest BCUT2D eigenvalue weighted by Crippen LogP contribution is -2.43. The molecular formula is C28H36N4O6S. The average molecular weight is 557 g/mol. The number of nitrogens with zero attached hydrogens (tertiary/aromatic N) is 2. The van der Waals surface area contributed by atoms with Gasteiger partial charge in [0.2, 0.25) is 0 Å². The summed E-state index contributed by atoms with van der Waals surface area (Å²) < 4.78 is 40.2. The number of anilines is 1. The van der Waals surface area contributed by atoms with Crippen molar-refractivity contribution in [2.75, 3.05) is 18.0 Å². The fourth-order valence-electron chi connectivity index (χ4n) is 5.63. The van der Waals surface area contributed by atoms with Crippen molar-refractivity contribution in [1.29, 1.82) is 0 Å². The number of nitrogens with two attached hydrogens (primary N) is 1. The molecule has 2 heterocycles. The molecule has 0 spiro atoms. The molecule has 3 aliphatic rings. The van der Waals surface area contributed by atoms with Crippen molar-refractivity contribution in [2.45, 2.75) is 87.4 Å². The van der Waals surface area contributed by atoms with E-state index in [1.807, 2.05) is 17.9 Å². The van der Waals surface area contributed by atoms with Gasteiger partial charge in [0, 0.05) is 25.8 Å². The van der Waals surface area contributed by atoms with E-state index in [0.717, 1.165) is 24.0 Å². The molecule has 2 saturated carbocycles. The highest BCUT2D eigenvalue weighted by molar-refractivity contribution is 7.90. The number of aromatic nitrogens is 1. The van der Waals surface area contributed by atoms with E-state index in [0.29, 0.717) is 49.8 Å². The van der Waals surface area contributed by atoms with Gasteiger partial charge < -0.3 is 20.1 Å². The second-order valence-corrected chi connectivity index (χ2v) is 12.9. The largest absolute Gasteiger partial charge is 0.477 e. The fraction of sp³-hybridized carbons (Fsp3) is 0.536. The molecule has 1 aliphatic heterocycles. The molecule has 2 aromatic rings. The number of aryl methyl sites for hydroxylation is 1. The Morgan fingerprint density at radius 1 is 1.10 bits per heavy atom. The van der Waals surface area contributed by atoms with Crippen LogP contribution in [0.2, 0.25) is 0 Å². The molecule has 0 bridgehead atoms. The first-order valence-corrected chi connectivity index (χ1v) is 15.0. The van der Waals surface area contributed by atoms with Crippen LogP contribution < -0.4 is 20.1 Å². The molecule has 1 unspecified atom stereocenters. The third kappa shape index (κ3) is 5.98. The van der Waals surface area contributed by atoms with Gasteiger partial charge in [0.1, 0.15) is 17.2 Å². The second kappa shape index (κ2) is 10.3. The zero-order valence-electron chi connectivity index (χ0n) is 22.4. The van der Waals surface area contributed by atoms with Crippen molar-refractivity contribution in [3.05, 3.63) is 47.5 Å². The van der Waals surface area contributed by atoms with E-state index in [2.05, 4.69) is 21.8 Å². The molecule has 210 valence electrons. The van der Waals surface area contributed by atoms with E-state index in [4.69, 9.17) is 15.2 Å². The number of carbonyl (C=O) groups excluding carboxylic acids is 2. The Hall–Kier alpha value is -3.34. The number of rotatable bonds is 8. The first-order chi connectivity index (χ1) is 18.5. The summed E-state index contributed by atoms with van der Waals surface area (Å²) in [7, 11) is -4.26. The monoisotopic (exact) mass is 556 g/mol. The molecule has 1 aromatic carbocycles. The smallest absolute Gasteiger partial charge is 0.405 e. The van der Waals surface area contributed by atoms with Crippen LogP contribution in [0.3, 0.4) is 0 Å². The van der Waals surface area contributed by atoms with Crippen molar-refractivity contribution >= 4 is 27.8 Å². The van der Waals surface area contributed by atoms with E-state index in [1.54, 1.807) is 19.1 Å². The molecule has 2 aliphatic carbocycles. The number of primary amides is 1. The van der Waals surface area contributed by atoms with Crippen molar-refractivity contribution < 1.29 is 27.5 Å². The number of pyridine rings is 1. The summed E-state index contributed by atoms with van der Waals surface area (Å²) in [5.74, 6) is 0.762. The van der Waals surface area contributed by atoms with Gasteiger partial charge in [-0.1, -0.05) is 37.5 Å². The third-order valence-electron chi connectivity index (χ3n) is 7.96. The SMILES string of the molecule is Cc1ccc(C2CCCCC2)c(OC2(C(=O)NS(=O)(=O)c3cccc(N4CCC(C)(OC(N)=O)C4)n3)CC2)c1. The Labute approximate surface area is 229 Å². The number of nitrogens with one attached hydrogen (secondary N) is 1. The maximum absolute atomic E-state index is 13.3. The first kappa shape index (κ1) is 27.2. The summed E-state index contributed by atoms with van der Waals surface area (Å²) in [6.07, 6.45) is 6.27. The van der Waals surface area contributed by atoms with Gasteiger partial charge in [0.25, 0.3) is 15.9 Å². The number of sulfonamides is 1. The lowest BCUT2D eigenvalue weighted by Gasteiger charge is -2.26. The summed E-state index contributed by atoms with van der Waals surface area (Å²) in [4.78, 5) is 30.7. The summed E-state index contributed by atoms with van der Waals surface area (Å²) >= 11 is 0. The molecule has 2 amide bonds. The number of amides is 2. The van der Waals surface area contributed by atoms with Crippen LogP contribution in [0.4, 0.5) is 10.6 Å². The van der Waals surface area contributed by atoms with Crippen molar-refractivity contribution in [3.63, 3.8) is 0 Å². The summed E-state index contributed by atoms with van der Waals surface area (Å²) in [5.41, 5.74) is 5.29. The number of ether oxygens (including phenoxy) is 2. The van der Waals surface area contributed by atoms with Crippen LogP contribution in [0, 0.1) is 6.92 Å². The Morgan fingerprint density at radius 3 is 2.54 bits per heavy atom. The molecule has 3 N–H and O–H groups in total. The molecule has 3 fully saturated rings. The Balaban J connectivity index is 1.30. The van der Waals surface area contributed by atoms with Crippen LogP contribution in [0.1, 0.15) is 75.3 Å². The normalized spacial score (nSPS) is 22.8. The zero-order chi connectivity index (χ0) is 27.8. The minimum atomic E-state index is -4.26. The molecule has 39 heavy (non-hydrogen) atoms. The van der Waals surface area contributed by atoms with Gasteiger partial charge in [-0.3, -0.25) is 4.79 Å². The van der Waals surface area contributed by atoms with Gasteiger partial charge in [-0.2, -0.15) is 8.42 Å². The number of hydrogen-bond donors (Lipinski definition) is 2. The van der Waals surface area contributed by atoms with E-state index in [9.17, 15) is 18.0 Å². The number of hydrogen-bond acceptors (Lipinski definition) is 8. The van der Waals surface area contributed by atoms with E-state index >= 15 is 0 Å². The second-order valence-electron chi connectivity index (χ2n) is 11.3. The minimum Gasteiger partial charge on any atom is -0.477 e. The van der Waals surface area contributed by atoms with Gasteiger partial charge in [-0.15, -0.1) is 0 Å². The van der Waals surface area contributed by atoms with Crippen LogP contribution in [-0.4, -0.2) is 49.7 Å². The van der Waals surface area contributed by atoms with Crippen molar-refractivity contribution in [1.82, 2.24) is 9.71 Å². The summed E-state index contributed by atoms with van der Waals surface area (Å²) in [6, 6.07) is 10.7. The van der Waals surface area contributed by atoms with E-state index in [-0.39, 0.29) is 5.03 Å². The van der Waals surface area contributed by atoms with Gasteiger partial charge in [-0.05, 0) is 61.9 Å². The maximum atomic E-state index is 13.3. The maximum Gasteiger partial charge on any atom is 0.405 e. The topological polar surface area (TPSA) is 141 Å². The Morgan fingerprint density at radius 2 is 1.85 bits per heavy atom. The predicted octanol–water partition coefficient (Wildman–Crippen LogP) is 3.92. The highest BCUT2D eigenvalue weighted by Gasteiger charge is 2.54. The van der Waals surface area contributed by atoms with Gasteiger partial charge in [0.15, 0.2) is 10.6 Å². The molecule has 10 nitrogen and oxygen atoms in total. The molecule has 1 atom stereocenters. The van der Waals surface area contributed by atoms with Crippen molar-refractivity contribution in [2.24, 2.45) is 5.73 Å². The van der Waals surface area contributed by atoms with Crippen LogP contribution >= 0.6 is 0 Å². The van der Waals surface area contributed by atoms with Gasteiger partial charge in [-0.25, -0.2) is 14.5 Å². The zero-order valence-corrected chi connectivity index (χ0v) is 23.3. The first-order valence-electron chi connectivity index (χ1n) is 13.6. The van der Waals surface area contributed by atoms with Crippen molar-refractivity contribution in [3.8, 4) is 5.75 Å². The lowest BCUT2D eigenvalue weighted by atomic mass is 9.83. The molecule has 0 radical (unpaired) electrons. The molecule has 5 rings (SSSR count). The van der Waals surface area contributed by atoms with E-state index in [1.165, 1.54) is 25.3 Å². The number of carbonyl (C=O) groups is 2. The standard InChI is InChI=1S/C28H36N4O6S/c1-19-11-12-21(20-7-4-3-5-8-20)22(17-19)37-28(13-14-28)25(33)31-39(35,36)24-10-6-9-23(30-24)32-16-15-27(2,18-32)38-26(29)34/h6,9-12,17,20H,3-5,7-8,13-16,18H2,1-2H3,(H2,29,34)(H,31,33). The van der Waals surface area contributed by atoms with Crippen LogP contribution in [0.15, 0.2) is 41.4 Å². The van der Waals surface area contributed by atoms with Gasteiger partial charge in [0.05, 0.1) is 6.54 Å². The number of benzene rings is 1. The molecule has 1 saturated heterocycles. The predicted molar refractivity (Wildman–Crippen MR) is 145 cm³/mol. The van der Waals surface area contributed by atoms with Crippen LogP contribution in [0.25, 0.3) is 0 Å². The Bertz CT molecular complexity index is 1370. The summed E-state index contributed by atoms with van der Waals surface area (Å²) in [5, 5.41) is -0.271.